The lowest BCUT2D eigenvalue weighted by Crippen LogP contribution is -2.36. The Morgan fingerprint density at radius 2 is 1.95 bits per heavy atom. The molecule has 6 heteroatoms. The fraction of sp³-hybridized carbons (Fsp3) is 0.250. The van der Waals surface area contributed by atoms with Crippen LogP contribution in [0.25, 0.3) is 0 Å². The van der Waals surface area contributed by atoms with E-state index in [-0.39, 0.29) is 22.9 Å². The van der Waals surface area contributed by atoms with Crippen molar-refractivity contribution in [3.05, 3.63) is 52.3 Å². The Balaban J connectivity index is 1.79. The average Bonchev–Trinajstić information content (AvgIpc) is 2.84. The molecule has 3 N–H and O–H groups in total. The second-order valence-electron chi connectivity index (χ2n) is 5.27. The highest BCUT2D eigenvalue weighted by atomic mass is 16.4. The highest BCUT2D eigenvalue weighted by Crippen LogP contribution is 2.28. The van der Waals surface area contributed by atoms with Crippen LogP contribution in [0.5, 0.6) is 0 Å². The molecule has 0 saturated heterocycles. The molecular formula is C16H17N3O3. The summed E-state index contributed by atoms with van der Waals surface area (Å²) >= 11 is 0. The molecule has 1 aliphatic rings. The van der Waals surface area contributed by atoms with Crippen molar-refractivity contribution in [2.24, 2.45) is 0 Å². The molecule has 22 heavy (non-hydrogen) atoms. The summed E-state index contributed by atoms with van der Waals surface area (Å²) in [6, 6.07) is 7.90. The van der Waals surface area contributed by atoms with Crippen LogP contribution in [0, 0.1) is 13.8 Å². The van der Waals surface area contributed by atoms with Crippen LogP contribution >= 0.6 is 0 Å². The number of nitrogens with one attached hydrogen (secondary N) is 3. The Hall–Kier alpha value is -2.76. The first-order valence-electron chi connectivity index (χ1n) is 7.05. The van der Waals surface area contributed by atoms with E-state index in [0.29, 0.717) is 24.9 Å². The fourth-order valence-electron chi connectivity index (χ4n) is 2.43. The van der Waals surface area contributed by atoms with E-state index >= 15 is 0 Å². The maximum Gasteiger partial charge on any atom is 0.259 e. The number of carbonyl (C=O) groups is 2. The van der Waals surface area contributed by atoms with Crippen LogP contribution in [0.4, 0.5) is 5.88 Å². The minimum absolute atomic E-state index is 0.269. The maximum atomic E-state index is 12.4. The van der Waals surface area contributed by atoms with Crippen molar-refractivity contribution < 1.29 is 14.0 Å². The molecule has 6 nitrogen and oxygen atoms in total. The molecule has 2 aromatic rings. The van der Waals surface area contributed by atoms with Gasteiger partial charge < -0.3 is 20.4 Å². The summed E-state index contributed by atoms with van der Waals surface area (Å²) in [4.78, 5) is 24.4. The van der Waals surface area contributed by atoms with Gasteiger partial charge in [-0.2, -0.15) is 0 Å². The molecule has 0 radical (unpaired) electrons. The summed E-state index contributed by atoms with van der Waals surface area (Å²) in [6.07, 6.45) is 0. The van der Waals surface area contributed by atoms with Crippen molar-refractivity contribution in [2.45, 2.75) is 20.4 Å². The van der Waals surface area contributed by atoms with Gasteiger partial charge >= 0.3 is 0 Å². The first-order valence-corrected chi connectivity index (χ1v) is 7.05. The van der Waals surface area contributed by atoms with Crippen LogP contribution in [-0.4, -0.2) is 18.5 Å². The monoisotopic (exact) mass is 299 g/mol. The third-order valence-corrected chi connectivity index (χ3v) is 3.61. The Bertz CT molecular complexity index is 732. The lowest BCUT2D eigenvalue weighted by molar-refractivity contribution is 0.0918. The number of aryl methyl sites for hydroxylation is 2. The van der Waals surface area contributed by atoms with Gasteiger partial charge in [0.15, 0.2) is 0 Å². The molecule has 0 unspecified atom stereocenters. The van der Waals surface area contributed by atoms with E-state index in [1.807, 2.05) is 31.2 Å². The molecule has 1 aromatic carbocycles. The first-order chi connectivity index (χ1) is 10.6. The van der Waals surface area contributed by atoms with Crippen LogP contribution < -0.4 is 16.0 Å². The summed E-state index contributed by atoms with van der Waals surface area (Å²) in [6.45, 7) is 4.37. The zero-order valence-corrected chi connectivity index (χ0v) is 12.4. The summed E-state index contributed by atoms with van der Waals surface area (Å²) in [5, 5.41) is 8.37. The molecule has 0 saturated carbocycles. The summed E-state index contributed by atoms with van der Waals surface area (Å²) in [5.74, 6) is 0.158. The Morgan fingerprint density at radius 1 is 1.23 bits per heavy atom. The zero-order chi connectivity index (χ0) is 15.7. The van der Waals surface area contributed by atoms with Crippen LogP contribution in [0.3, 0.4) is 0 Å². The Morgan fingerprint density at radius 3 is 2.68 bits per heavy atom. The molecule has 0 fully saturated rings. The third kappa shape index (κ3) is 2.55. The summed E-state index contributed by atoms with van der Waals surface area (Å²) in [5.41, 5.74) is 2.71. The van der Waals surface area contributed by atoms with Crippen molar-refractivity contribution in [3.63, 3.8) is 0 Å². The molecule has 114 valence electrons. The predicted octanol–water partition coefficient (Wildman–Crippen LogP) is 1.94. The smallest absolute Gasteiger partial charge is 0.259 e. The number of hydrogen-bond acceptors (Lipinski definition) is 4. The molecule has 2 heterocycles. The number of amides is 2. The van der Waals surface area contributed by atoms with Gasteiger partial charge in [-0.3, -0.25) is 9.59 Å². The number of rotatable bonds is 3. The van der Waals surface area contributed by atoms with E-state index in [2.05, 4.69) is 16.0 Å². The standard InChI is InChI=1S/C16H17N3O3/c1-9-3-5-11(6-4-9)7-17-14(20)12-10(2)22-16-13(12)15(21)18-8-19-16/h3-6,19H,7-8H2,1-2H3,(H,17,20)(H,18,21). The van der Waals surface area contributed by atoms with Crippen LogP contribution in [0.15, 0.2) is 28.7 Å². The van der Waals surface area contributed by atoms with E-state index < -0.39 is 0 Å². The maximum absolute atomic E-state index is 12.4. The second kappa shape index (κ2) is 5.55. The number of fused-ring (bicyclic) bond motifs is 1. The van der Waals surface area contributed by atoms with Crippen LogP contribution in [0.1, 0.15) is 37.6 Å². The molecule has 0 spiro atoms. The predicted molar refractivity (Wildman–Crippen MR) is 81.8 cm³/mol. The fourth-order valence-corrected chi connectivity index (χ4v) is 2.43. The summed E-state index contributed by atoms with van der Waals surface area (Å²) in [7, 11) is 0. The van der Waals surface area contributed by atoms with Crippen molar-refractivity contribution in [1.82, 2.24) is 10.6 Å². The lowest BCUT2D eigenvalue weighted by Gasteiger charge is -2.14. The largest absolute Gasteiger partial charge is 0.444 e. The first kappa shape index (κ1) is 14.2. The molecule has 3 rings (SSSR count). The van der Waals surface area contributed by atoms with E-state index in [1.165, 1.54) is 0 Å². The van der Waals surface area contributed by atoms with Gasteiger partial charge in [0, 0.05) is 6.54 Å². The van der Waals surface area contributed by atoms with Crippen molar-refractivity contribution >= 4 is 17.7 Å². The van der Waals surface area contributed by atoms with Gasteiger partial charge in [0.1, 0.15) is 11.3 Å². The molecule has 1 aromatic heterocycles. The summed E-state index contributed by atoms with van der Waals surface area (Å²) < 4.78 is 5.46. The quantitative estimate of drug-likeness (QED) is 0.809. The molecule has 0 bridgehead atoms. The molecular weight excluding hydrogens is 282 g/mol. The number of benzene rings is 1. The van der Waals surface area contributed by atoms with Gasteiger partial charge in [-0.1, -0.05) is 29.8 Å². The number of furan rings is 1. The number of hydrogen-bond donors (Lipinski definition) is 3. The van der Waals surface area contributed by atoms with Gasteiger partial charge in [-0.25, -0.2) is 0 Å². The Kier molecular flexibility index (Phi) is 3.58. The highest BCUT2D eigenvalue weighted by Gasteiger charge is 2.30. The van der Waals surface area contributed by atoms with Gasteiger partial charge in [0.05, 0.1) is 12.2 Å². The van der Waals surface area contributed by atoms with E-state index in [9.17, 15) is 9.59 Å². The minimum Gasteiger partial charge on any atom is -0.444 e. The van der Waals surface area contributed by atoms with Gasteiger partial charge in [-0.05, 0) is 19.4 Å². The second-order valence-corrected chi connectivity index (χ2v) is 5.27. The van der Waals surface area contributed by atoms with E-state index in [1.54, 1.807) is 6.92 Å². The molecule has 1 aliphatic heterocycles. The number of anilines is 1. The van der Waals surface area contributed by atoms with E-state index in [4.69, 9.17) is 4.42 Å². The van der Waals surface area contributed by atoms with E-state index in [0.717, 1.165) is 11.1 Å². The third-order valence-electron chi connectivity index (χ3n) is 3.61. The normalized spacial score (nSPS) is 13.1. The van der Waals surface area contributed by atoms with Crippen molar-refractivity contribution in [2.75, 3.05) is 12.0 Å². The van der Waals surface area contributed by atoms with Crippen molar-refractivity contribution in [1.29, 1.82) is 0 Å². The highest BCUT2D eigenvalue weighted by molar-refractivity contribution is 6.11. The van der Waals surface area contributed by atoms with Crippen LogP contribution in [0.2, 0.25) is 0 Å². The lowest BCUT2D eigenvalue weighted by atomic mass is 10.1. The zero-order valence-electron chi connectivity index (χ0n) is 12.4. The van der Waals surface area contributed by atoms with Gasteiger partial charge in [-0.15, -0.1) is 0 Å². The molecule has 0 aliphatic carbocycles. The van der Waals surface area contributed by atoms with Crippen molar-refractivity contribution in [3.8, 4) is 0 Å². The Labute approximate surface area is 127 Å². The topological polar surface area (TPSA) is 83.4 Å². The SMILES string of the molecule is Cc1ccc(CNC(=O)c2c(C)oc3c2C(=O)NCN3)cc1. The number of carbonyl (C=O) groups excluding carboxylic acids is 2. The van der Waals surface area contributed by atoms with Gasteiger partial charge in [0.2, 0.25) is 5.88 Å². The average molecular weight is 299 g/mol. The molecule has 0 atom stereocenters. The molecule has 2 amide bonds. The van der Waals surface area contributed by atoms with Crippen LogP contribution in [-0.2, 0) is 6.54 Å². The van der Waals surface area contributed by atoms with Gasteiger partial charge in [0.25, 0.3) is 11.8 Å². The minimum atomic E-state index is -0.318.